The number of nitrogens with zero attached hydrogens (tertiary/aromatic N) is 1. The number of hydrogen-bond acceptors (Lipinski definition) is 5. The number of carbonyl (C=O) groups is 1. The molecule has 0 fully saturated rings. The van der Waals surface area contributed by atoms with E-state index in [2.05, 4.69) is 11.4 Å². The molecule has 0 saturated heterocycles. The highest BCUT2D eigenvalue weighted by atomic mass is 32.1. The summed E-state index contributed by atoms with van der Waals surface area (Å²) in [4.78, 5) is 14.5. The van der Waals surface area contributed by atoms with Gasteiger partial charge in [0.2, 0.25) is 0 Å². The van der Waals surface area contributed by atoms with Gasteiger partial charge < -0.3 is 14.7 Å². The molecule has 0 aliphatic heterocycles. The van der Waals surface area contributed by atoms with E-state index in [1.165, 1.54) is 4.88 Å². The number of carbonyl (C=O) groups excluding carboxylic acids is 1. The highest BCUT2D eigenvalue weighted by Gasteiger charge is 2.13. The highest BCUT2D eigenvalue weighted by Crippen LogP contribution is 2.09. The van der Waals surface area contributed by atoms with Crippen LogP contribution >= 0.6 is 11.3 Å². The van der Waals surface area contributed by atoms with E-state index in [-0.39, 0.29) is 12.4 Å². The van der Waals surface area contributed by atoms with Crippen LogP contribution in [0.2, 0.25) is 0 Å². The van der Waals surface area contributed by atoms with Crippen LogP contribution in [0.3, 0.4) is 0 Å². The van der Waals surface area contributed by atoms with E-state index < -0.39 is 6.10 Å². The number of thiophene rings is 1. The summed E-state index contributed by atoms with van der Waals surface area (Å²) in [5.74, 6) is -0.336. The fraction of sp³-hybridized carbons (Fsp3) is 0.615. The van der Waals surface area contributed by atoms with E-state index in [1.54, 1.807) is 18.3 Å². The van der Waals surface area contributed by atoms with Crippen molar-refractivity contribution in [3.63, 3.8) is 0 Å². The van der Waals surface area contributed by atoms with Gasteiger partial charge in [-0.1, -0.05) is 6.07 Å². The third-order valence-electron chi connectivity index (χ3n) is 2.55. The molecule has 0 saturated carbocycles. The van der Waals surface area contributed by atoms with E-state index in [0.717, 1.165) is 13.0 Å². The first-order valence-corrected chi connectivity index (χ1v) is 7.04. The van der Waals surface area contributed by atoms with Crippen molar-refractivity contribution in [1.82, 2.24) is 4.90 Å². The summed E-state index contributed by atoms with van der Waals surface area (Å²) in [5.41, 5.74) is 0. The summed E-state index contributed by atoms with van der Waals surface area (Å²) in [7, 11) is 1.95. The Kier molecular flexibility index (Phi) is 6.93. The number of hydrogen-bond donors (Lipinski definition) is 1. The lowest BCUT2D eigenvalue weighted by Gasteiger charge is -2.19. The molecule has 0 aliphatic carbocycles. The number of aliphatic hydroxyl groups excluding tert-OH is 1. The second kappa shape index (κ2) is 8.24. The minimum atomic E-state index is -0.655. The Hall–Kier alpha value is -0.910. The number of likely N-dealkylation sites (N-methyl/N-ethyl adjacent to an activating group) is 1. The third-order valence-corrected chi connectivity index (χ3v) is 3.49. The Morgan fingerprint density at radius 2 is 2.39 bits per heavy atom. The monoisotopic (exact) mass is 271 g/mol. The summed E-state index contributed by atoms with van der Waals surface area (Å²) in [6.07, 6.45) is 0.384. The van der Waals surface area contributed by atoms with Crippen molar-refractivity contribution in [2.45, 2.75) is 25.9 Å². The van der Waals surface area contributed by atoms with Crippen LogP contribution in [0.25, 0.3) is 0 Å². The van der Waals surface area contributed by atoms with Gasteiger partial charge in [-0.05, 0) is 31.8 Å². The van der Waals surface area contributed by atoms with Crippen LogP contribution in [0.15, 0.2) is 17.5 Å². The van der Waals surface area contributed by atoms with E-state index in [0.29, 0.717) is 13.2 Å². The molecular weight excluding hydrogens is 250 g/mol. The zero-order valence-corrected chi connectivity index (χ0v) is 11.8. The molecule has 18 heavy (non-hydrogen) atoms. The van der Waals surface area contributed by atoms with E-state index in [1.807, 2.05) is 18.0 Å². The van der Waals surface area contributed by atoms with Crippen molar-refractivity contribution in [2.75, 3.05) is 26.7 Å². The molecule has 1 aromatic heterocycles. The zero-order chi connectivity index (χ0) is 13.4. The van der Waals surface area contributed by atoms with Gasteiger partial charge in [-0.2, -0.15) is 0 Å². The molecule has 0 aliphatic rings. The molecule has 0 radical (unpaired) electrons. The van der Waals surface area contributed by atoms with E-state index in [4.69, 9.17) is 4.74 Å². The minimum absolute atomic E-state index is 0.0666. The smallest absolute Gasteiger partial charge is 0.308 e. The largest absolute Gasteiger partial charge is 0.466 e. The molecule has 1 rings (SSSR count). The normalized spacial score (nSPS) is 12.7. The van der Waals surface area contributed by atoms with Crippen LogP contribution in [-0.4, -0.2) is 48.8 Å². The Morgan fingerprint density at radius 3 is 3.00 bits per heavy atom. The fourth-order valence-corrected chi connectivity index (χ4v) is 2.38. The third kappa shape index (κ3) is 6.14. The molecule has 1 unspecified atom stereocenters. The minimum Gasteiger partial charge on any atom is -0.466 e. The lowest BCUT2D eigenvalue weighted by Crippen LogP contribution is -2.32. The summed E-state index contributed by atoms with van der Waals surface area (Å²) < 4.78 is 4.80. The van der Waals surface area contributed by atoms with Gasteiger partial charge in [0, 0.05) is 18.0 Å². The standard InChI is InChI=1S/C13H21NO3S/c1-3-17-13(16)9-11(15)10-14(2)7-6-12-5-4-8-18-12/h4-5,8,11,15H,3,6-7,9-10H2,1-2H3. The Balaban J connectivity index is 2.18. The van der Waals surface area contributed by atoms with Gasteiger partial charge in [0.05, 0.1) is 19.1 Å². The van der Waals surface area contributed by atoms with Crippen molar-refractivity contribution >= 4 is 17.3 Å². The molecule has 102 valence electrons. The second-order valence-electron chi connectivity index (χ2n) is 4.25. The molecule has 5 heteroatoms. The number of esters is 1. The Morgan fingerprint density at radius 1 is 1.61 bits per heavy atom. The van der Waals surface area contributed by atoms with Crippen molar-refractivity contribution < 1.29 is 14.6 Å². The molecule has 1 N–H and O–H groups in total. The molecule has 0 aromatic carbocycles. The van der Waals surface area contributed by atoms with E-state index in [9.17, 15) is 9.90 Å². The average molecular weight is 271 g/mol. The van der Waals surface area contributed by atoms with Gasteiger partial charge in [0.15, 0.2) is 0 Å². The fourth-order valence-electron chi connectivity index (χ4n) is 1.68. The zero-order valence-electron chi connectivity index (χ0n) is 11.0. The summed E-state index contributed by atoms with van der Waals surface area (Å²) in [6.45, 7) is 3.49. The van der Waals surface area contributed by atoms with Crippen molar-refractivity contribution in [1.29, 1.82) is 0 Å². The lowest BCUT2D eigenvalue weighted by molar-refractivity contribution is -0.145. The van der Waals surface area contributed by atoms with Gasteiger partial charge in [-0.15, -0.1) is 11.3 Å². The highest BCUT2D eigenvalue weighted by molar-refractivity contribution is 7.09. The molecule has 1 aromatic rings. The van der Waals surface area contributed by atoms with Crippen molar-refractivity contribution in [3.8, 4) is 0 Å². The van der Waals surface area contributed by atoms with Gasteiger partial charge in [-0.3, -0.25) is 4.79 Å². The summed E-state index contributed by atoms with van der Waals surface area (Å²) >= 11 is 1.74. The first-order chi connectivity index (χ1) is 8.61. The van der Waals surface area contributed by atoms with Crippen LogP contribution < -0.4 is 0 Å². The number of aliphatic hydroxyl groups is 1. The Bertz CT molecular complexity index is 340. The summed E-state index contributed by atoms with van der Waals surface area (Å²) in [6, 6.07) is 4.14. The SMILES string of the molecule is CCOC(=O)CC(O)CN(C)CCc1cccs1. The Labute approximate surface area is 112 Å². The van der Waals surface area contributed by atoms with Crippen molar-refractivity contribution in [3.05, 3.63) is 22.4 Å². The molecule has 0 amide bonds. The van der Waals surface area contributed by atoms with Gasteiger partial charge >= 0.3 is 5.97 Å². The molecular formula is C13H21NO3S. The van der Waals surface area contributed by atoms with Crippen LogP contribution in [0.1, 0.15) is 18.2 Å². The molecule has 0 bridgehead atoms. The maximum absolute atomic E-state index is 11.2. The predicted molar refractivity (Wildman–Crippen MR) is 72.8 cm³/mol. The first kappa shape index (κ1) is 15.1. The van der Waals surface area contributed by atoms with Crippen LogP contribution in [0, 0.1) is 0 Å². The first-order valence-electron chi connectivity index (χ1n) is 6.16. The van der Waals surface area contributed by atoms with Gasteiger partial charge in [0.1, 0.15) is 0 Å². The maximum atomic E-state index is 11.2. The number of ether oxygens (including phenoxy) is 1. The van der Waals surface area contributed by atoms with Gasteiger partial charge in [0.25, 0.3) is 0 Å². The summed E-state index contributed by atoms with van der Waals surface area (Å²) in [5, 5.41) is 11.8. The maximum Gasteiger partial charge on any atom is 0.308 e. The second-order valence-corrected chi connectivity index (χ2v) is 5.29. The average Bonchev–Trinajstić information content (AvgIpc) is 2.79. The predicted octanol–water partition coefficient (Wildman–Crippen LogP) is 1.54. The molecule has 0 spiro atoms. The van der Waals surface area contributed by atoms with Crippen molar-refractivity contribution in [2.24, 2.45) is 0 Å². The topological polar surface area (TPSA) is 49.8 Å². The van der Waals surface area contributed by atoms with Crippen LogP contribution in [-0.2, 0) is 16.0 Å². The van der Waals surface area contributed by atoms with E-state index >= 15 is 0 Å². The van der Waals surface area contributed by atoms with Gasteiger partial charge in [-0.25, -0.2) is 0 Å². The molecule has 1 atom stereocenters. The number of rotatable bonds is 8. The van der Waals surface area contributed by atoms with Crippen LogP contribution in [0.5, 0.6) is 0 Å². The van der Waals surface area contributed by atoms with Crippen LogP contribution in [0.4, 0.5) is 0 Å². The molecule has 4 nitrogen and oxygen atoms in total. The quantitative estimate of drug-likeness (QED) is 0.729. The lowest BCUT2D eigenvalue weighted by atomic mass is 10.2. The molecule has 1 heterocycles.